The van der Waals surface area contributed by atoms with E-state index in [0.29, 0.717) is 49.8 Å². The molecule has 5 rings (SSSR count). The third-order valence-electron chi connectivity index (χ3n) is 7.16. The van der Waals surface area contributed by atoms with E-state index in [-0.39, 0.29) is 11.2 Å². The lowest BCUT2D eigenvalue weighted by atomic mass is 9.86. The van der Waals surface area contributed by atoms with Gasteiger partial charge in [-0.05, 0) is 48.2 Å². The van der Waals surface area contributed by atoms with Gasteiger partial charge in [0.25, 0.3) is 5.91 Å². The molecule has 0 aliphatic heterocycles. The van der Waals surface area contributed by atoms with Crippen LogP contribution >= 0.6 is 11.3 Å². The number of thiazole rings is 1. The van der Waals surface area contributed by atoms with Gasteiger partial charge in [0.05, 0.1) is 37.0 Å². The van der Waals surface area contributed by atoms with Gasteiger partial charge in [-0.15, -0.1) is 11.3 Å². The molecule has 0 unspecified atom stereocenters. The highest BCUT2D eigenvalue weighted by Crippen LogP contribution is 2.40. The summed E-state index contributed by atoms with van der Waals surface area (Å²) >= 11 is 1.17. The van der Waals surface area contributed by atoms with E-state index in [9.17, 15) is 14.4 Å². The second kappa shape index (κ2) is 13.3. The number of rotatable bonds is 8. The molecule has 0 spiro atoms. The average Bonchev–Trinajstić information content (AvgIpc) is 3.43. The molecule has 13 heteroatoms. The molecule has 4 amide bonds. The number of urea groups is 1. The maximum absolute atomic E-state index is 13.4. The molecule has 0 radical (unpaired) electrons. The van der Waals surface area contributed by atoms with Gasteiger partial charge in [-0.3, -0.25) is 15.1 Å². The molecule has 2 heterocycles. The molecule has 2 aromatic heterocycles. The first kappa shape index (κ1) is 32.7. The summed E-state index contributed by atoms with van der Waals surface area (Å²) in [5.74, 6) is 0.789. The van der Waals surface area contributed by atoms with Crippen LogP contribution in [0.1, 0.15) is 41.7 Å². The Kier molecular flexibility index (Phi) is 9.29. The van der Waals surface area contributed by atoms with Crippen LogP contribution in [0.25, 0.3) is 21.5 Å². The van der Waals surface area contributed by atoms with Gasteiger partial charge in [0.15, 0.2) is 5.75 Å². The number of aryl methyl sites for hydroxylation is 1. The summed E-state index contributed by atoms with van der Waals surface area (Å²) in [6.45, 7) is 7.77. The molecule has 0 aliphatic carbocycles. The van der Waals surface area contributed by atoms with Gasteiger partial charge in [-0.2, -0.15) is 0 Å². The lowest BCUT2D eigenvalue weighted by Gasteiger charge is -2.24. The van der Waals surface area contributed by atoms with Gasteiger partial charge in [0, 0.05) is 23.0 Å². The van der Waals surface area contributed by atoms with Crippen LogP contribution < -0.4 is 31.2 Å². The number of fused-ring (bicyclic) bond motifs is 1. The zero-order chi connectivity index (χ0) is 33.9. The van der Waals surface area contributed by atoms with Gasteiger partial charge in [-0.1, -0.05) is 45.0 Å². The van der Waals surface area contributed by atoms with E-state index in [4.69, 9.17) is 19.9 Å². The zero-order valence-electron chi connectivity index (χ0n) is 26.7. The molecule has 0 bridgehead atoms. The molecule has 0 saturated heterocycles. The van der Waals surface area contributed by atoms with Crippen LogP contribution in [0.2, 0.25) is 0 Å². The third-order valence-corrected chi connectivity index (χ3v) is 8.35. The number of carbonyl (C=O) groups is 3. The Bertz CT molecular complexity index is 2000. The Morgan fingerprint density at radius 1 is 0.872 bits per heavy atom. The monoisotopic (exact) mass is 654 g/mol. The molecule has 0 atom stereocenters. The molecular weight excluding hydrogens is 620 g/mol. The van der Waals surface area contributed by atoms with Crippen LogP contribution in [0.5, 0.6) is 17.2 Å². The van der Waals surface area contributed by atoms with Gasteiger partial charge in [-0.25, -0.2) is 14.6 Å². The van der Waals surface area contributed by atoms with E-state index in [1.165, 1.54) is 25.6 Å². The number of hydrogen-bond donors (Lipinski definition) is 4. The van der Waals surface area contributed by atoms with E-state index in [1.54, 1.807) is 49.5 Å². The number of ether oxygens (including phenoxy) is 3. The maximum atomic E-state index is 13.4. The van der Waals surface area contributed by atoms with Crippen molar-refractivity contribution in [3.8, 4) is 28.0 Å². The number of primary amides is 1. The second-order valence-corrected chi connectivity index (χ2v) is 12.5. The summed E-state index contributed by atoms with van der Waals surface area (Å²) in [6, 6.07) is 17.5. The third kappa shape index (κ3) is 7.25. The summed E-state index contributed by atoms with van der Waals surface area (Å²) < 4.78 is 16.6. The normalized spacial score (nSPS) is 11.1. The molecule has 242 valence electrons. The number of amides is 4. The van der Waals surface area contributed by atoms with Crippen molar-refractivity contribution in [2.24, 2.45) is 5.73 Å². The van der Waals surface area contributed by atoms with Crippen LogP contribution in [0.3, 0.4) is 0 Å². The standard InChI is InChI=1S/C34H34N6O6S/c1-18-29(30(35)41)47-31(37-18)26-17-20(13-14-36-26)46-27-12-11-23(21-9-7-8-10-22(21)27)38-32(42)39-24-15-19(34(2,3)4)16-25(28(24)44-5)40-33(43)45-6/h7-17H,1-6H3,(H2,35,41)(H,40,43)(H2,38,39,42). The van der Waals surface area contributed by atoms with Crippen molar-refractivity contribution < 1.29 is 28.6 Å². The molecule has 0 aliphatic rings. The average molecular weight is 655 g/mol. The van der Waals surface area contributed by atoms with Crippen molar-refractivity contribution in [1.29, 1.82) is 0 Å². The topological polar surface area (TPSA) is 167 Å². The number of nitrogens with zero attached hydrogens (tertiary/aromatic N) is 2. The van der Waals surface area contributed by atoms with Gasteiger partial charge in [0.2, 0.25) is 0 Å². The first-order valence-electron chi connectivity index (χ1n) is 14.5. The minimum Gasteiger partial charge on any atom is -0.492 e. The van der Waals surface area contributed by atoms with Crippen molar-refractivity contribution >= 4 is 57.2 Å². The van der Waals surface area contributed by atoms with Crippen molar-refractivity contribution in [1.82, 2.24) is 9.97 Å². The largest absolute Gasteiger partial charge is 0.492 e. The molecule has 12 nitrogen and oxygen atoms in total. The Hall–Kier alpha value is -5.69. The highest BCUT2D eigenvalue weighted by atomic mass is 32.1. The van der Waals surface area contributed by atoms with Gasteiger partial charge in [0.1, 0.15) is 27.1 Å². The Balaban J connectivity index is 1.42. The quantitative estimate of drug-likeness (QED) is 0.132. The van der Waals surface area contributed by atoms with Crippen LogP contribution in [-0.2, 0) is 10.2 Å². The molecule has 0 fully saturated rings. The maximum Gasteiger partial charge on any atom is 0.411 e. The van der Waals surface area contributed by atoms with E-state index < -0.39 is 18.0 Å². The smallest absolute Gasteiger partial charge is 0.411 e. The molecular formula is C34H34N6O6S. The minimum atomic E-state index is -0.669. The number of anilines is 3. The van der Waals surface area contributed by atoms with E-state index in [1.807, 2.05) is 45.0 Å². The molecule has 5 N–H and O–H groups in total. The second-order valence-electron chi connectivity index (χ2n) is 11.5. The predicted octanol–water partition coefficient (Wildman–Crippen LogP) is 7.69. The number of pyridine rings is 1. The predicted molar refractivity (Wildman–Crippen MR) is 183 cm³/mol. The van der Waals surface area contributed by atoms with Gasteiger partial charge < -0.3 is 30.6 Å². The lowest BCUT2D eigenvalue weighted by Crippen LogP contribution is -2.22. The summed E-state index contributed by atoms with van der Waals surface area (Å²) in [5, 5.41) is 10.5. The van der Waals surface area contributed by atoms with E-state index >= 15 is 0 Å². The molecule has 47 heavy (non-hydrogen) atoms. The first-order chi connectivity index (χ1) is 22.4. The fourth-order valence-corrected chi connectivity index (χ4v) is 5.71. The number of nitrogens with one attached hydrogen (secondary N) is 3. The fraction of sp³-hybridized carbons (Fsp3) is 0.206. The van der Waals surface area contributed by atoms with Crippen LogP contribution in [-0.4, -0.2) is 42.2 Å². The number of methoxy groups -OCH3 is 2. The molecule has 3 aromatic carbocycles. The number of aromatic nitrogens is 2. The van der Waals surface area contributed by atoms with E-state index in [0.717, 1.165) is 16.3 Å². The molecule has 5 aromatic rings. The van der Waals surface area contributed by atoms with E-state index in [2.05, 4.69) is 25.9 Å². The Labute approximate surface area is 275 Å². The van der Waals surface area contributed by atoms with Crippen LogP contribution in [0.15, 0.2) is 66.9 Å². The van der Waals surface area contributed by atoms with Crippen molar-refractivity contribution in [2.75, 3.05) is 30.2 Å². The summed E-state index contributed by atoms with van der Waals surface area (Å²) in [5.41, 5.74) is 8.35. The summed E-state index contributed by atoms with van der Waals surface area (Å²) in [7, 11) is 2.72. The summed E-state index contributed by atoms with van der Waals surface area (Å²) in [6.07, 6.45) is 0.931. The Morgan fingerprint density at radius 3 is 2.19 bits per heavy atom. The van der Waals surface area contributed by atoms with Crippen molar-refractivity contribution in [3.63, 3.8) is 0 Å². The summed E-state index contributed by atoms with van der Waals surface area (Å²) in [4.78, 5) is 46.4. The number of hydrogen-bond acceptors (Lipinski definition) is 9. The minimum absolute atomic E-state index is 0.266. The highest BCUT2D eigenvalue weighted by Gasteiger charge is 2.22. The van der Waals surface area contributed by atoms with Crippen molar-refractivity contribution in [2.45, 2.75) is 33.1 Å². The first-order valence-corrected chi connectivity index (χ1v) is 15.3. The fourth-order valence-electron chi connectivity index (χ4n) is 4.83. The van der Waals surface area contributed by atoms with Gasteiger partial charge >= 0.3 is 12.1 Å². The Morgan fingerprint density at radius 2 is 1.55 bits per heavy atom. The SMILES string of the molecule is COC(=O)Nc1cc(C(C)(C)C)cc(NC(=O)Nc2ccc(Oc3ccnc(-c4nc(C)c(C(N)=O)s4)c3)c3ccccc23)c1OC. The van der Waals surface area contributed by atoms with Crippen LogP contribution in [0.4, 0.5) is 26.7 Å². The highest BCUT2D eigenvalue weighted by molar-refractivity contribution is 7.17. The molecule has 0 saturated carbocycles. The lowest BCUT2D eigenvalue weighted by molar-refractivity contribution is 0.100. The number of carbonyl (C=O) groups excluding carboxylic acids is 3. The van der Waals surface area contributed by atoms with Crippen molar-refractivity contribution in [3.05, 3.63) is 83.0 Å². The van der Waals surface area contributed by atoms with Crippen LogP contribution in [0, 0.1) is 6.92 Å². The number of nitrogens with two attached hydrogens (primary N) is 1. The zero-order valence-corrected chi connectivity index (χ0v) is 27.5. The number of benzene rings is 3.